The lowest BCUT2D eigenvalue weighted by Gasteiger charge is -2.12. The Balaban J connectivity index is 2.15. The van der Waals surface area contributed by atoms with Crippen molar-refractivity contribution < 1.29 is 14.6 Å². The summed E-state index contributed by atoms with van der Waals surface area (Å²) in [5.41, 5.74) is 3.10. The lowest BCUT2D eigenvalue weighted by molar-refractivity contribution is -0.115. The minimum Gasteiger partial charge on any atom is -0.496 e. The predicted molar refractivity (Wildman–Crippen MR) is 87.4 cm³/mol. The van der Waals surface area contributed by atoms with E-state index >= 15 is 0 Å². The number of benzene rings is 2. The molecule has 0 saturated carbocycles. The van der Waals surface area contributed by atoms with Crippen LogP contribution in [0.5, 0.6) is 5.75 Å². The number of methoxy groups -OCH3 is 1. The first-order valence-electron chi connectivity index (χ1n) is 6.86. The molecule has 0 bridgehead atoms. The van der Waals surface area contributed by atoms with Gasteiger partial charge in [0.1, 0.15) is 5.75 Å². The molecule has 0 spiro atoms. The van der Waals surface area contributed by atoms with Gasteiger partial charge in [-0.15, -0.1) is 0 Å². The van der Waals surface area contributed by atoms with Gasteiger partial charge < -0.3 is 15.2 Å². The number of anilines is 1. The predicted octanol–water partition coefficient (Wildman–Crippen LogP) is 3.33. The molecule has 2 aromatic carbocycles. The molecule has 116 valence electrons. The van der Waals surface area contributed by atoms with Gasteiger partial charge in [-0.05, 0) is 42.3 Å². The minimum absolute atomic E-state index is 0.0642. The highest BCUT2D eigenvalue weighted by molar-refractivity contribution is 6.30. The van der Waals surface area contributed by atoms with Gasteiger partial charge in [-0.3, -0.25) is 4.79 Å². The molecule has 0 atom stereocenters. The van der Waals surface area contributed by atoms with E-state index in [9.17, 15) is 9.90 Å². The van der Waals surface area contributed by atoms with Crippen molar-refractivity contribution in [3.63, 3.8) is 0 Å². The maximum Gasteiger partial charge on any atom is 0.228 e. The second kappa shape index (κ2) is 7.29. The molecule has 0 unspecified atom stereocenters. The fourth-order valence-electron chi connectivity index (χ4n) is 2.15. The van der Waals surface area contributed by atoms with E-state index in [2.05, 4.69) is 5.32 Å². The van der Waals surface area contributed by atoms with E-state index in [4.69, 9.17) is 16.3 Å². The van der Waals surface area contributed by atoms with Gasteiger partial charge in [-0.25, -0.2) is 0 Å². The van der Waals surface area contributed by atoms with E-state index < -0.39 is 0 Å². The van der Waals surface area contributed by atoms with E-state index in [-0.39, 0.29) is 18.9 Å². The van der Waals surface area contributed by atoms with E-state index in [1.54, 1.807) is 31.4 Å². The summed E-state index contributed by atoms with van der Waals surface area (Å²) in [6.07, 6.45) is 0.159. The number of nitrogens with one attached hydrogen (secondary N) is 1. The zero-order valence-electron chi connectivity index (χ0n) is 12.5. The molecular formula is C17H18ClNO3. The van der Waals surface area contributed by atoms with E-state index in [0.29, 0.717) is 16.5 Å². The number of carbonyl (C=O) groups excluding carboxylic acids is 1. The topological polar surface area (TPSA) is 58.6 Å². The standard InChI is InChI=1S/C17H18ClNO3/c1-11-3-4-12(10-20)7-15(11)19-17(21)9-13-8-14(18)5-6-16(13)22-2/h3-8,20H,9-10H2,1-2H3,(H,19,21). The Labute approximate surface area is 134 Å². The second-order valence-corrected chi connectivity index (χ2v) is 5.42. The lowest BCUT2D eigenvalue weighted by Crippen LogP contribution is -2.16. The molecule has 0 aromatic heterocycles. The first-order valence-corrected chi connectivity index (χ1v) is 7.24. The Morgan fingerprint density at radius 1 is 1.27 bits per heavy atom. The molecule has 22 heavy (non-hydrogen) atoms. The average molecular weight is 320 g/mol. The molecule has 0 fully saturated rings. The Morgan fingerprint density at radius 2 is 2.05 bits per heavy atom. The molecule has 0 radical (unpaired) electrons. The van der Waals surface area contributed by atoms with Crippen LogP contribution in [0.2, 0.25) is 5.02 Å². The van der Waals surface area contributed by atoms with Crippen LogP contribution in [0.25, 0.3) is 0 Å². The maximum atomic E-state index is 12.2. The van der Waals surface area contributed by atoms with Crippen LogP contribution in [-0.4, -0.2) is 18.1 Å². The van der Waals surface area contributed by atoms with Crippen molar-refractivity contribution in [2.24, 2.45) is 0 Å². The van der Waals surface area contributed by atoms with Crippen molar-refractivity contribution in [2.75, 3.05) is 12.4 Å². The summed E-state index contributed by atoms with van der Waals surface area (Å²) in [6, 6.07) is 10.6. The van der Waals surface area contributed by atoms with Gasteiger partial charge in [0.15, 0.2) is 0 Å². The summed E-state index contributed by atoms with van der Waals surface area (Å²) in [4.78, 5) is 12.2. The molecule has 0 saturated heterocycles. The first-order chi connectivity index (χ1) is 10.5. The summed E-state index contributed by atoms with van der Waals surface area (Å²) in [5.74, 6) is 0.458. The van der Waals surface area contributed by atoms with Gasteiger partial charge in [0.25, 0.3) is 0 Å². The van der Waals surface area contributed by atoms with Crippen LogP contribution in [0.1, 0.15) is 16.7 Å². The lowest BCUT2D eigenvalue weighted by atomic mass is 10.1. The number of hydrogen-bond donors (Lipinski definition) is 2. The van der Waals surface area contributed by atoms with Gasteiger partial charge in [0.05, 0.1) is 20.1 Å². The largest absolute Gasteiger partial charge is 0.496 e. The number of amides is 1. The number of hydrogen-bond acceptors (Lipinski definition) is 3. The minimum atomic E-state index is -0.168. The molecule has 2 rings (SSSR count). The van der Waals surface area contributed by atoms with Crippen molar-refractivity contribution in [2.45, 2.75) is 20.0 Å². The number of aryl methyl sites for hydroxylation is 1. The second-order valence-electron chi connectivity index (χ2n) is 4.99. The molecule has 2 N–H and O–H groups in total. The van der Waals surface area contributed by atoms with Crippen molar-refractivity contribution >= 4 is 23.2 Å². The number of rotatable bonds is 5. The molecule has 0 aliphatic heterocycles. The van der Waals surface area contributed by atoms with Crippen LogP contribution >= 0.6 is 11.6 Å². The fourth-order valence-corrected chi connectivity index (χ4v) is 2.35. The average Bonchev–Trinajstić information content (AvgIpc) is 2.49. The SMILES string of the molecule is COc1ccc(Cl)cc1CC(=O)Nc1cc(CO)ccc1C. The third kappa shape index (κ3) is 4.00. The molecule has 0 heterocycles. The van der Waals surface area contributed by atoms with Gasteiger partial charge in [0.2, 0.25) is 5.91 Å². The monoisotopic (exact) mass is 319 g/mol. The van der Waals surface area contributed by atoms with Crippen LogP contribution in [0, 0.1) is 6.92 Å². The molecule has 5 heteroatoms. The first kappa shape index (κ1) is 16.3. The summed E-state index contributed by atoms with van der Waals surface area (Å²) in [5, 5.41) is 12.6. The van der Waals surface area contributed by atoms with Crippen LogP contribution in [0.15, 0.2) is 36.4 Å². The molecule has 4 nitrogen and oxygen atoms in total. The quantitative estimate of drug-likeness (QED) is 0.888. The Bertz CT molecular complexity index is 686. The van der Waals surface area contributed by atoms with Crippen molar-refractivity contribution in [1.29, 1.82) is 0 Å². The van der Waals surface area contributed by atoms with E-state index in [1.165, 1.54) is 0 Å². The summed E-state index contributed by atoms with van der Waals surface area (Å²) >= 11 is 5.97. The van der Waals surface area contributed by atoms with Gasteiger partial charge >= 0.3 is 0 Å². The number of carbonyl (C=O) groups is 1. The van der Waals surface area contributed by atoms with Crippen LogP contribution < -0.4 is 10.1 Å². The zero-order valence-corrected chi connectivity index (χ0v) is 13.3. The normalized spacial score (nSPS) is 10.4. The Kier molecular flexibility index (Phi) is 5.41. The van der Waals surface area contributed by atoms with Crippen LogP contribution in [0.4, 0.5) is 5.69 Å². The van der Waals surface area contributed by atoms with Crippen LogP contribution in [0.3, 0.4) is 0 Å². The maximum absolute atomic E-state index is 12.2. The number of halogens is 1. The van der Waals surface area contributed by atoms with E-state index in [1.807, 2.05) is 19.1 Å². The van der Waals surface area contributed by atoms with Gasteiger partial charge in [-0.1, -0.05) is 23.7 Å². The smallest absolute Gasteiger partial charge is 0.228 e. The van der Waals surface area contributed by atoms with Crippen molar-refractivity contribution in [3.05, 3.63) is 58.1 Å². The molecule has 0 aliphatic carbocycles. The number of aliphatic hydroxyl groups is 1. The third-order valence-electron chi connectivity index (χ3n) is 3.35. The highest BCUT2D eigenvalue weighted by atomic mass is 35.5. The highest BCUT2D eigenvalue weighted by Crippen LogP contribution is 2.24. The molecule has 0 aliphatic rings. The van der Waals surface area contributed by atoms with Crippen LogP contribution in [-0.2, 0) is 17.8 Å². The summed E-state index contributed by atoms with van der Waals surface area (Å²) in [6.45, 7) is 1.84. The summed E-state index contributed by atoms with van der Waals surface area (Å²) in [7, 11) is 1.56. The van der Waals surface area contributed by atoms with Crippen molar-refractivity contribution in [3.8, 4) is 5.75 Å². The Morgan fingerprint density at radius 3 is 2.73 bits per heavy atom. The fraction of sp³-hybridized carbons (Fsp3) is 0.235. The van der Waals surface area contributed by atoms with Crippen molar-refractivity contribution in [1.82, 2.24) is 0 Å². The molecular weight excluding hydrogens is 302 g/mol. The third-order valence-corrected chi connectivity index (χ3v) is 3.59. The molecule has 2 aromatic rings. The zero-order chi connectivity index (χ0) is 16.1. The molecule has 1 amide bonds. The summed E-state index contributed by atoms with van der Waals surface area (Å²) < 4.78 is 5.24. The number of aliphatic hydroxyl groups excluding tert-OH is 1. The highest BCUT2D eigenvalue weighted by Gasteiger charge is 2.11. The number of ether oxygens (including phenoxy) is 1. The van der Waals surface area contributed by atoms with Gasteiger partial charge in [-0.2, -0.15) is 0 Å². The van der Waals surface area contributed by atoms with E-state index in [0.717, 1.165) is 16.7 Å². The Hall–Kier alpha value is -2.04. The van der Waals surface area contributed by atoms with Gasteiger partial charge in [0, 0.05) is 16.3 Å².